The van der Waals surface area contributed by atoms with E-state index >= 15 is 0 Å². The highest BCUT2D eigenvalue weighted by molar-refractivity contribution is 7.99. The van der Waals surface area contributed by atoms with Crippen molar-refractivity contribution >= 4 is 29.6 Å². The molecule has 8 heteroatoms. The second-order valence-corrected chi connectivity index (χ2v) is 5.57. The molecule has 0 aromatic carbocycles. The van der Waals surface area contributed by atoms with Gasteiger partial charge in [-0.2, -0.15) is 11.8 Å². The molecule has 0 radical (unpaired) electrons. The molecule has 0 spiro atoms. The topological polar surface area (TPSA) is 86.6 Å². The van der Waals surface area contributed by atoms with E-state index < -0.39 is 12.0 Å². The molecule has 1 saturated heterocycles. The number of anilines is 1. The summed E-state index contributed by atoms with van der Waals surface area (Å²) in [6.45, 7) is 0.530. The van der Waals surface area contributed by atoms with Gasteiger partial charge in [0.1, 0.15) is 6.04 Å². The van der Waals surface area contributed by atoms with E-state index in [2.05, 4.69) is 9.97 Å². The summed E-state index contributed by atoms with van der Waals surface area (Å²) < 4.78 is 0. The maximum absolute atomic E-state index is 12.3. The van der Waals surface area contributed by atoms with Crippen molar-refractivity contribution in [2.24, 2.45) is 0 Å². The van der Waals surface area contributed by atoms with E-state index in [0.717, 1.165) is 5.75 Å². The zero-order valence-electron chi connectivity index (χ0n) is 11.1. The lowest BCUT2D eigenvalue weighted by atomic mass is 10.2. The SMILES string of the molecule is CN(CC(=O)N1CCSCC1C(=O)O)c1ncccn1. The van der Waals surface area contributed by atoms with Gasteiger partial charge < -0.3 is 14.9 Å². The first-order chi connectivity index (χ1) is 9.59. The Labute approximate surface area is 121 Å². The minimum atomic E-state index is -0.954. The third-order valence-corrected chi connectivity index (χ3v) is 4.02. The lowest BCUT2D eigenvalue weighted by Gasteiger charge is -2.33. The number of hydrogen-bond donors (Lipinski definition) is 1. The maximum atomic E-state index is 12.3. The van der Waals surface area contributed by atoms with Crippen molar-refractivity contribution < 1.29 is 14.7 Å². The van der Waals surface area contributed by atoms with Crippen LogP contribution < -0.4 is 4.90 Å². The second-order valence-electron chi connectivity index (χ2n) is 4.42. The highest BCUT2D eigenvalue weighted by Crippen LogP contribution is 2.17. The molecular formula is C12H16N4O3S. The molecule has 1 fully saturated rings. The number of nitrogens with zero attached hydrogens (tertiary/aromatic N) is 4. The zero-order valence-corrected chi connectivity index (χ0v) is 11.9. The van der Waals surface area contributed by atoms with Gasteiger partial charge in [-0.25, -0.2) is 14.8 Å². The fourth-order valence-corrected chi connectivity index (χ4v) is 3.00. The molecule has 108 valence electrons. The Bertz CT molecular complexity index is 485. The molecule has 1 aromatic rings. The first kappa shape index (κ1) is 14.6. The van der Waals surface area contributed by atoms with Crippen molar-refractivity contribution in [3.8, 4) is 0 Å². The molecule has 1 atom stereocenters. The molecule has 1 amide bonds. The largest absolute Gasteiger partial charge is 0.480 e. The van der Waals surface area contributed by atoms with Gasteiger partial charge in [-0.1, -0.05) is 0 Å². The van der Waals surface area contributed by atoms with Crippen molar-refractivity contribution in [2.75, 3.05) is 36.5 Å². The normalized spacial score (nSPS) is 18.6. The first-order valence-electron chi connectivity index (χ1n) is 6.18. The molecule has 1 unspecified atom stereocenters. The summed E-state index contributed by atoms with van der Waals surface area (Å²) in [7, 11) is 1.71. The van der Waals surface area contributed by atoms with Crippen LogP contribution in [0.1, 0.15) is 0 Å². The predicted octanol–water partition coefficient (Wildman–Crippen LogP) is -0.0586. The average molecular weight is 296 g/mol. The number of thioether (sulfide) groups is 1. The Kier molecular flexibility index (Phi) is 4.78. The van der Waals surface area contributed by atoms with Crippen molar-refractivity contribution in [3.63, 3.8) is 0 Å². The van der Waals surface area contributed by atoms with Gasteiger partial charge >= 0.3 is 5.97 Å². The monoisotopic (exact) mass is 296 g/mol. The molecule has 0 bridgehead atoms. The van der Waals surface area contributed by atoms with E-state index in [4.69, 9.17) is 5.11 Å². The van der Waals surface area contributed by atoms with Gasteiger partial charge in [-0.05, 0) is 6.07 Å². The van der Waals surface area contributed by atoms with Crippen molar-refractivity contribution in [1.29, 1.82) is 0 Å². The third-order valence-electron chi connectivity index (χ3n) is 3.00. The molecule has 0 aliphatic carbocycles. The summed E-state index contributed by atoms with van der Waals surface area (Å²) >= 11 is 1.55. The van der Waals surface area contributed by atoms with Crippen LogP contribution in [-0.4, -0.2) is 69.5 Å². The van der Waals surface area contributed by atoms with E-state index in [1.54, 1.807) is 42.2 Å². The summed E-state index contributed by atoms with van der Waals surface area (Å²) in [6, 6.07) is 0.952. The molecule has 2 rings (SSSR count). The maximum Gasteiger partial charge on any atom is 0.327 e. The molecule has 1 aliphatic rings. The smallest absolute Gasteiger partial charge is 0.327 e. The Morgan fingerprint density at radius 3 is 2.85 bits per heavy atom. The van der Waals surface area contributed by atoms with Crippen LogP contribution in [0.15, 0.2) is 18.5 Å². The molecule has 0 saturated carbocycles. The number of amides is 1. The Hall–Kier alpha value is -1.83. The highest BCUT2D eigenvalue weighted by Gasteiger charge is 2.32. The van der Waals surface area contributed by atoms with Crippen molar-refractivity contribution in [2.45, 2.75) is 6.04 Å². The number of likely N-dealkylation sites (N-methyl/N-ethyl adjacent to an activating group) is 1. The number of hydrogen-bond acceptors (Lipinski definition) is 6. The predicted molar refractivity (Wildman–Crippen MR) is 75.8 cm³/mol. The lowest BCUT2D eigenvalue weighted by Crippen LogP contribution is -2.52. The first-order valence-corrected chi connectivity index (χ1v) is 7.33. The molecule has 1 N–H and O–H groups in total. The molecular weight excluding hydrogens is 280 g/mol. The summed E-state index contributed by atoms with van der Waals surface area (Å²) in [5.74, 6) is 0.476. The number of carbonyl (C=O) groups excluding carboxylic acids is 1. The minimum absolute atomic E-state index is 0.0679. The van der Waals surface area contributed by atoms with E-state index in [0.29, 0.717) is 18.2 Å². The van der Waals surface area contributed by atoms with Gasteiger partial charge in [0.05, 0.1) is 6.54 Å². The molecule has 2 heterocycles. The fourth-order valence-electron chi connectivity index (χ4n) is 1.96. The van der Waals surface area contributed by atoms with Crippen LogP contribution in [0.2, 0.25) is 0 Å². The van der Waals surface area contributed by atoms with Gasteiger partial charge in [0.25, 0.3) is 0 Å². The van der Waals surface area contributed by atoms with Crippen LogP contribution in [0.3, 0.4) is 0 Å². The lowest BCUT2D eigenvalue weighted by molar-refractivity contribution is -0.148. The Morgan fingerprint density at radius 1 is 1.50 bits per heavy atom. The molecule has 1 aliphatic heterocycles. The summed E-state index contributed by atoms with van der Waals surface area (Å²) in [5, 5.41) is 9.16. The summed E-state index contributed by atoms with van der Waals surface area (Å²) in [5.41, 5.74) is 0. The summed E-state index contributed by atoms with van der Waals surface area (Å²) in [4.78, 5) is 34.6. The number of aliphatic carboxylic acids is 1. The number of carboxylic acids is 1. The van der Waals surface area contributed by atoms with Crippen LogP contribution in [0.4, 0.5) is 5.95 Å². The van der Waals surface area contributed by atoms with Crippen LogP contribution in [0, 0.1) is 0 Å². The second kappa shape index (κ2) is 6.56. The Morgan fingerprint density at radius 2 is 2.20 bits per heavy atom. The Balaban J connectivity index is 2.01. The average Bonchev–Trinajstić information content (AvgIpc) is 2.48. The number of aromatic nitrogens is 2. The van der Waals surface area contributed by atoms with Gasteiger partial charge in [-0.3, -0.25) is 4.79 Å². The highest BCUT2D eigenvalue weighted by atomic mass is 32.2. The standard InChI is InChI=1S/C12H16N4O3S/c1-15(12-13-3-2-4-14-12)7-10(17)16-5-6-20-8-9(16)11(18)19/h2-4,9H,5-8H2,1H3,(H,18,19). The minimum Gasteiger partial charge on any atom is -0.480 e. The molecule has 7 nitrogen and oxygen atoms in total. The van der Waals surface area contributed by atoms with Crippen molar-refractivity contribution in [1.82, 2.24) is 14.9 Å². The van der Waals surface area contributed by atoms with E-state index in [-0.39, 0.29) is 12.5 Å². The number of carbonyl (C=O) groups is 2. The number of rotatable bonds is 4. The van der Waals surface area contributed by atoms with Crippen LogP contribution in [0.25, 0.3) is 0 Å². The zero-order chi connectivity index (χ0) is 14.5. The quantitative estimate of drug-likeness (QED) is 0.833. The molecule has 20 heavy (non-hydrogen) atoms. The molecule has 1 aromatic heterocycles. The van der Waals surface area contributed by atoms with Crippen LogP contribution >= 0.6 is 11.8 Å². The van der Waals surface area contributed by atoms with Gasteiger partial charge in [0, 0.05) is 37.5 Å². The van der Waals surface area contributed by atoms with Gasteiger partial charge in [0.15, 0.2) is 0 Å². The van der Waals surface area contributed by atoms with E-state index in [1.807, 2.05) is 0 Å². The van der Waals surface area contributed by atoms with Crippen LogP contribution in [-0.2, 0) is 9.59 Å². The third kappa shape index (κ3) is 3.38. The summed E-state index contributed by atoms with van der Waals surface area (Å²) in [6.07, 6.45) is 3.20. The van der Waals surface area contributed by atoms with Gasteiger partial charge in [0.2, 0.25) is 11.9 Å². The fraction of sp³-hybridized carbons (Fsp3) is 0.500. The van der Waals surface area contributed by atoms with E-state index in [1.165, 1.54) is 4.90 Å². The van der Waals surface area contributed by atoms with Crippen molar-refractivity contribution in [3.05, 3.63) is 18.5 Å². The van der Waals surface area contributed by atoms with E-state index in [9.17, 15) is 9.59 Å². The van der Waals surface area contributed by atoms with Crippen LogP contribution in [0.5, 0.6) is 0 Å². The number of carboxylic acid groups (broad SMARTS) is 1. The van der Waals surface area contributed by atoms with Gasteiger partial charge in [-0.15, -0.1) is 0 Å².